The fourth-order valence-corrected chi connectivity index (χ4v) is 3.26. The van der Waals surface area contributed by atoms with Crippen LogP contribution < -0.4 is 4.74 Å². The highest BCUT2D eigenvalue weighted by molar-refractivity contribution is 9.09. The lowest BCUT2D eigenvalue weighted by atomic mass is 10.0. The molecule has 0 bridgehead atoms. The molecule has 2 aromatic heterocycles. The number of nitrogens with zero attached hydrogens (tertiary/aromatic N) is 4. The predicted molar refractivity (Wildman–Crippen MR) is 105 cm³/mol. The van der Waals surface area contributed by atoms with Gasteiger partial charge in [-0.15, -0.1) is 10.2 Å². The minimum atomic E-state index is -3.38. The third-order valence-corrected chi connectivity index (χ3v) is 4.67. The molecule has 9 heteroatoms. The molecule has 0 unspecified atom stereocenters. The smallest absolute Gasteiger partial charge is 0.360 e. The zero-order valence-corrected chi connectivity index (χ0v) is 16.7. The van der Waals surface area contributed by atoms with Gasteiger partial charge < -0.3 is 4.74 Å². The normalized spacial score (nSPS) is 11.8. The van der Waals surface area contributed by atoms with Crippen LogP contribution in [0.15, 0.2) is 54.9 Å². The Labute approximate surface area is 172 Å². The zero-order valence-electron chi connectivity index (χ0n) is 15.1. The molecule has 4 aromatic rings. The maximum Gasteiger partial charge on any atom is 0.360 e. The molecule has 0 aliphatic rings. The summed E-state index contributed by atoms with van der Waals surface area (Å²) in [5.74, 6) is -0.817. The average molecular weight is 463 g/mol. The van der Waals surface area contributed by atoms with Gasteiger partial charge in [0, 0.05) is 17.8 Å². The molecular weight excluding hydrogens is 449 g/mol. The topological polar surface area (TPSA) is 52.3 Å². The van der Waals surface area contributed by atoms with Gasteiger partial charge in [-0.25, -0.2) is 4.39 Å². The van der Waals surface area contributed by atoms with Crippen molar-refractivity contribution in [1.82, 2.24) is 19.6 Å². The summed E-state index contributed by atoms with van der Waals surface area (Å²) in [7, 11) is 0. The summed E-state index contributed by atoms with van der Waals surface area (Å²) in [6.45, 7) is 2.00. The van der Waals surface area contributed by atoms with Gasteiger partial charge in [0.1, 0.15) is 18.2 Å². The number of hydrogen-bond acceptors (Lipinski definition) is 4. The average Bonchev–Trinajstić information content (AvgIpc) is 3.10. The molecule has 4 rings (SSSR count). The molecule has 0 spiro atoms. The molecular formula is C20H14BrF3N4O. The van der Waals surface area contributed by atoms with Crippen molar-refractivity contribution < 1.29 is 17.9 Å². The van der Waals surface area contributed by atoms with Crippen molar-refractivity contribution in [3.8, 4) is 17.0 Å². The summed E-state index contributed by atoms with van der Waals surface area (Å²) in [6, 6.07) is 12.4. The van der Waals surface area contributed by atoms with E-state index in [0.717, 1.165) is 9.96 Å². The fourth-order valence-electron chi connectivity index (χ4n) is 2.99. The van der Waals surface area contributed by atoms with Crippen LogP contribution >= 0.6 is 15.9 Å². The zero-order chi connectivity index (χ0) is 20.6. The van der Waals surface area contributed by atoms with Crippen molar-refractivity contribution in [2.24, 2.45) is 0 Å². The molecule has 0 fully saturated rings. The van der Waals surface area contributed by atoms with Gasteiger partial charge >= 0.3 is 4.83 Å². The summed E-state index contributed by atoms with van der Waals surface area (Å²) in [5.41, 5.74) is 2.01. The van der Waals surface area contributed by atoms with Crippen LogP contribution in [0, 0.1) is 12.7 Å². The van der Waals surface area contributed by atoms with Crippen LogP contribution in [-0.2, 0) is 11.4 Å². The Bertz CT molecular complexity index is 1150. The van der Waals surface area contributed by atoms with E-state index in [4.69, 9.17) is 4.74 Å². The lowest BCUT2D eigenvalue weighted by molar-refractivity contribution is 0.102. The summed E-state index contributed by atoms with van der Waals surface area (Å²) < 4.78 is 49.0. The molecule has 29 heavy (non-hydrogen) atoms. The Morgan fingerprint density at radius 2 is 1.90 bits per heavy atom. The Morgan fingerprint density at radius 1 is 1.14 bits per heavy atom. The van der Waals surface area contributed by atoms with E-state index < -0.39 is 16.5 Å². The number of fused-ring (bicyclic) bond motifs is 1. The van der Waals surface area contributed by atoms with E-state index >= 15 is 0 Å². The molecule has 0 N–H and O–H groups in total. The Balaban J connectivity index is 1.68. The van der Waals surface area contributed by atoms with Crippen molar-refractivity contribution in [2.45, 2.75) is 18.4 Å². The molecule has 0 saturated carbocycles. The van der Waals surface area contributed by atoms with E-state index in [1.807, 2.05) is 30.3 Å². The highest BCUT2D eigenvalue weighted by Gasteiger charge is 2.33. The van der Waals surface area contributed by atoms with Gasteiger partial charge in [0.15, 0.2) is 5.65 Å². The van der Waals surface area contributed by atoms with E-state index in [9.17, 15) is 13.2 Å². The van der Waals surface area contributed by atoms with Crippen molar-refractivity contribution in [3.63, 3.8) is 0 Å². The van der Waals surface area contributed by atoms with Gasteiger partial charge in [-0.1, -0.05) is 30.3 Å². The van der Waals surface area contributed by atoms with Gasteiger partial charge in [0.25, 0.3) is 0 Å². The van der Waals surface area contributed by atoms with Crippen LogP contribution in [0.2, 0.25) is 0 Å². The van der Waals surface area contributed by atoms with Gasteiger partial charge in [0.05, 0.1) is 11.9 Å². The Hall–Kier alpha value is -2.94. The molecule has 0 atom stereocenters. The van der Waals surface area contributed by atoms with Crippen LogP contribution in [0.3, 0.4) is 0 Å². The van der Waals surface area contributed by atoms with E-state index in [1.165, 1.54) is 18.5 Å². The second-order valence-corrected chi connectivity index (χ2v) is 7.39. The minimum Gasteiger partial charge on any atom is -0.489 e. The molecule has 0 aliphatic carbocycles. The number of benzene rings is 2. The fraction of sp³-hybridized carbons (Fsp3) is 0.150. The number of ether oxygens (including phenoxy) is 1. The van der Waals surface area contributed by atoms with Crippen LogP contribution in [0.1, 0.15) is 17.0 Å². The molecule has 2 aromatic carbocycles. The molecule has 5 nitrogen and oxygen atoms in total. The van der Waals surface area contributed by atoms with E-state index in [0.29, 0.717) is 17.9 Å². The van der Waals surface area contributed by atoms with Gasteiger partial charge in [-0.2, -0.15) is 8.78 Å². The van der Waals surface area contributed by atoms with E-state index in [2.05, 4.69) is 31.1 Å². The van der Waals surface area contributed by atoms with Crippen molar-refractivity contribution >= 4 is 21.6 Å². The van der Waals surface area contributed by atoms with E-state index in [-0.39, 0.29) is 16.9 Å². The summed E-state index contributed by atoms with van der Waals surface area (Å²) >= 11 is 2.28. The largest absolute Gasteiger partial charge is 0.489 e. The first kappa shape index (κ1) is 19.4. The monoisotopic (exact) mass is 462 g/mol. The van der Waals surface area contributed by atoms with Gasteiger partial charge in [0.2, 0.25) is 5.82 Å². The van der Waals surface area contributed by atoms with Crippen LogP contribution in [0.4, 0.5) is 13.2 Å². The predicted octanol–water partition coefficient (Wildman–Crippen LogP) is 5.26. The molecule has 2 heterocycles. The lowest BCUT2D eigenvalue weighted by Crippen LogP contribution is -2.09. The molecule has 148 valence electrons. The van der Waals surface area contributed by atoms with Crippen LogP contribution in [-0.4, -0.2) is 19.6 Å². The minimum absolute atomic E-state index is 0.128. The second kappa shape index (κ2) is 7.47. The van der Waals surface area contributed by atoms with Gasteiger partial charge in [-0.3, -0.25) is 9.38 Å². The number of aromatic nitrogens is 4. The van der Waals surface area contributed by atoms with Crippen molar-refractivity contribution in [2.75, 3.05) is 0 Å². The first-order valence-corrected chi connectivity index (χ1v) is 9.37. The summed E-state index contributed by atoms with van der Waals surface area (Å²) in [4.78, 5) is 0.772. The number of hydrogen-bond donors (Lipinski definition) is 0. The van der Waals surface area contributed by atoms with Crippen LogP contribution in [0.5, 0.6) is 5.75 Å². The first-order valence-electron chi connectivity index (χ1n) is 8.58. The van der Waals surface area contributed by atoms with Crippen molar-refractivity contribution in [1.29, 1.82) is 0 Å². The number of halogens is 4. The third-order valence-electron chi connectivity index (χ3n) is 4.31. The Kier molecular flexibility index (Phi) is 4.99. The Morgan fingerprint density at radius 3 is 2.59 bits per heavy atom. The standard InChI is InChI=1S/C20H14BrF3N4O/c1-12-7-14(29-11-13-5-3-2-4-6-13)8-15(22)18(12)16-10-28-17(9-25-16)26-27-19(28)20(21,23)24/h2-10H,11H2,1H3. The lowest BCUT2D eigenvalue weighted by Gasteiger charge is -2.12. The molecule has 0 aliphatic heterocycles. The molecule has 0 saturated heterocycles. The quantitative estimate of drug-likeness (QED) is 0.379. The number of rotatable bonds is 5. The highest BCUT2D eigenvalue weighted by Crippen LogP contribution is 2.34. The summed E-state index contributed by atoms with van der Waals surface area (Å²) in [5, 5.41) is 7.13. The maximum absolute atomic E-state index is 14.9. The van der Waals surface area contributed by atoms with Crippen LogP contribution in [0.25, 0.3) is 16.9 Å². The summed E-state index contributed by atoms with van der Waals surface area (Å²) in [6.07, 6.45) is 2.55. The second-order valence-electron chi connectivity index (χ2n) is 6.39. The molecule has 0 radical (unpaired) electrons. The van der Waals surface area contributed by atoms with Crippen molar-refractivity contribution in [3.05, 3.63) is 77.6 Å². The molecule has 0 amide bonds. The number of aryl methyl sites for hydroxylation is 1. The highest BCUT2D eigenvalue weighted by atomic mass is 79.9. The SMILES string of the molecule is Cc1cc(OCc2ccccc2)cc(F)c1-c1cn2c(C(F)(F)Br)nnc2cn1. The van der Waals surface area contributed by atoms with E-state index in [1.54, 1.807) is 13.0 Å². The first-order chi connectivity index (χ1) is 13.8. The number of alkyl halides is 3. The third kappa shape index (κ3) is 3.95. The van der Waals surface area contributed by atoms with Gasteiger partial charge in [-0.05, 0) is 40.0 Å². The maximum atomic E-state index is 14.9.